The molecule has 1 fully saturated rings. The number of thioether (sulfide) groups is 1. The Morgan fingerprint density at radius 1 is 1.60 bits per heavy atom. The van der Waals surface area contributed by atoms with Crippen LogP contribution in [0.4, 0.5) is 0 Å². The molecular formula is C15H21NO2S2. The van der Waals surface area contributed by atoms with Gasteiger partial charge in [0, 0.05) is 30.5 Å². The van der Waals surface area contributed by atoms with E-state index in [-0.39, 0.29) is 17.1 Å². The van der Waals surface area contributed by atoms with Gasteiger partial charge in [0.2, 0.25) is 5.91 Å². The van der Waals surface area contributed by atoms with E-state index in [0.717, 1.165) is 25.1 Å². The van der Waals surface area contributed by atoms with Gasteiger partial charge >= 0.3 is 0 Å². The van der Waals surface area contributed by atoms with E-state index in [1.165, 1.54) is 16.6 Å². The minimum Gasteiger partial charge on any atom is -0.335 e. The predicted molar refractivity (Wildman–Crippen MR) is 84.9 cm³/mol. The van der Waals surface area contributed by atoms with E-state index in [0.29, 0.717) is 12.3 Å². The van der Waals surface area contributed by atoms with Crippen molar-refractivity contribution in [2.45, 2.75) is 39.2 Å². The fraction of sp³-hybridized carbons (Fsp3) is 0.600. The van der Waals surface area contributed by atoms with Crippen molar-refractivity contribution in [1.29, 1.82) is 0 Å². The Bertz CT molecular complexity index is 458. The molecule has 0 aliphatic carbocycles. The average Bonchev–Trinajstić information content (AvgIpc) is 3.03. The van der Waals surface area contributed by atoms with Gasteiger partial charge in [0.05, 0.1) is 6.04 Å². The summed E-state index contributed by atoms with van der Waals surface area (Å²) in [6.07, 6.45) is 2.67. The third kappa shape index (κ3) is 3.85. The molecule has 0 N–H and O–H groups in total. The Morgan fingerprint density at radius 2 is 2.40 bits per heavy atom. The molecule has 0 radical (unpaired) electrons. The first-order valence-electron chi connectivity index (χ1n) is 7.08. The first kappa shape index (κ1) is 15.6. The quantitative estimate of drug-likeness (QED) is 0.803. The number of hydrogen-bond donors (Lipinski definition) is 0. The number of hydrogen-bond acceptors (Lipinski definition) is 4. The molecular weight excluding hydrogens is 290 g/mol. The summed E-state index contributed by atoms with van der Waals surface area (Å²) in [5, 5.41) is 2.21. The fourth-order valence-electron chi connectivity index (χ4n) is 2.66. The summed E-state index contributed by atoms with van der Waals surface area (Å²) >= 11 is 3.07. The van der Waals surface area contributed by atoms with Gasteiger partial charge in [0.15, 0.2) is 5.12 Å². The molecule has 2 heterocycles. The maximum Gasteiger partial charge on any atom is 0.223 e. The van der Waals surface area contributed by atoms with Gasteiger partial charge in [-0.2, -0.15) is 0 Å². The lowest BCUT2D eigenvalue weighted by Crippen LogP contribution is -2.30. The van der Waals surface area contributed by atoms with Gasteiger partial charge in [-0.3, -0.25) is 9.59 Å². The minimum atomic E-state index is 0.138. The van der Waals surface area contributed by atoms with Crippen LogP contribution in [0.5, 0.6) is 0 Å². The van der Waals surface area contributed by atoms with Crippen LogP contribution in [0.3, 0.4) is 0 Å². The summed E-state index contributed by atoms with van der Waals surface area (Å²) in [5.41, 5.74) is 0. The van der Waals surface area contributed by atoms with E-state index in [9.17, 15) is 9.59 Å². The molecule has 1 aromatic heterocycles. The maximum atomic E-state index is 12.3. The molecule has 2 rings (SSSR count). The van der Waals surface area contributed by atoms with Crippen molar-refractivity contribution in [2.24, 2.45) is 5.92 Å². The molecule has 3 nitrogen and oxygen atoms in total. The number of nitrogens with zero attached hydrogens (tertiary/aromatic N) is 1. The summed E-state index contributed by atoms with van der Waals surface area (Å²) in [7, 11) is 0. The number of carbonyl (C=O) groups is 2. The van der Waals surface area contributed by atoms with Crippen LogP contribution in [-0.2, 0) is 9.59 Å². The van der Waals surface area contributed by atoms with Gasteiger partial charge in [0.1, 0.15) is 0 Å². The van der Waals surface area contributed by atoms with E-state index in [2.05, 4.69) is 18.4 Å². The van der Waals surface area contributed by atoms with Gasteiger partial charge in [-0.15, -0.1) is 11.3 Å². The second-order valence-electron chi connectivity index (χ2n) is 5.24. The van der Waals surface area contributed by atoms with Crippen molar-refractivity contribution in [1.82, 2.24) is 4.90 Å². The second-order valence-corrected chi connectivity index (χ2v) is 7.41. The maximum absolute atomic E-state index is 12.3. The zero-order valence-corrected chi connectivity index (χ0v) is 13.6. The molecule has 2 unspecified atom stereocenters. The lowest BCUT2D eigenvalue weighted by molar-refractivity contribution is -0.129. The van der Waals surface area contributed by atoms with Crippen LogP contribution in [0.25, 0.3) is 0 Å². The lowest BCUT2D eigenvalue weighted by atomic mass is 10.1. The molecule has 0 bridgehead atoms. The number of thiophene rings is 1. The number of carbonyl (C=O) groups excluding carboxylic acids is 2. The summed E-state index contributed by atoms with van der Waals surface area (Å²) < 4.78 is 0. The molecule has 5 heteroatoms. The van der Waals surface area contributed by atoms with Crippen molar-refractivity contribution in [2.75, 3.05) is 12.3 Å². The van der Waals surface area contributed by atoms with E-state index >= 15 is 0 Å². The van der Waals surface area contributed by atoms with Crippen LogP contribution >= 0.6 is 23.1 Å². The first-order chi connectivity index (χ1) is 9.61. The highest BCUT2D eigenvalue weighted by atomic mass is 32.2. The van der Waals surface area contributed by atoms with Crippen molar-refractivity contribution in [3.63, 3.8) is 0 Å². The molecule has 1 aliphatic rings. The van der Waals surface area contributed by atoms with Gasteiger partial charge in [-0.25, -0.2) is 0 Å². The lowest BCUT2D eigenvalue weighted by Gasteiger charge is -2.27. The zero-order chi connectivity index (χ0) is 14.5. The molecule has 1 aliphatic heterocycles. The number of rotatable bonds is 6. The predicted octanol–water partition coefficient (Wildman–Crippen LogP) is 3.72. The van der Waals surface area contributed by atoms with Gasteiger partial charge in [-0.05, 0) is 23.8 Å². The number of likely N-dealkylation sites (tertiary alicyclic amines) is 1. The smallest absolute Gasteiger partial charge is 0.223 e. The Balaban J connectivity index is 2.02. The standard InChI is InChI=1S/C15H21NO2S2/c1-3-5-13(14-6-4-7-19-14)16-9-12(8-15(16)18)10-20-11(2)17/h4,6-7,12-13H,3,5,8-10H2,1-2H3. The van der Waals surface area contributed by atoms with Crippen LogP contribution < -0.4 is 0 Å². The molecule has 1 amide bonds. The van der Waals surface area contributed by atoms with Crippen LogP contribution in [-0.4, -0.2) is 28.2 Å². The number of amides is 1. The van der Waals surface area contributed by atoms with Gasteiger partial charge in [-0.1, -0.05) is 31.2 Å². The summed E-state index contributed by atoms with van der Waals surface area (Å²) in [4.78, 5) is 26.6. The first-order valence-corrected chi connectivity index (χ1v) is 8.94. The molecule has 1 aromatic rings. The van der Waals surface area contributed by atoms with Crippen LogP contribution in [0, 0.1) is 5.92 Å². The van der Waals surface area contributed by atoms with Crippen molar-refractivity contribution < 1.29 is 9.59 Å². The zero-order valence-electron chi connectivity index (χ0n) is 12.0. The van der Waals surface area contributed by atoms with E-state index in [4.69, 9.17) is 0 Å². The van der Waals surface area contributed by atoms with Crippen molar-refractivity contribution in [3.8, 4) is 0 Å². The van der Waals surface area contributed by atoms with Gasteiger partial charge in [0.25, 0.3) is 0 Å². The van der Waals surface area contributed by atoms with E-state index < -0.39 is 0 Å². The highest BCUT2D eigenvalue weighted by Crippen LogP contribution is 2.35. The molecule has 0 aromatic carbocycles. The Labute approximate surface area is 128 Å². The third-order valence-electron chi connectivity index (χ3n) is 3.57. The second kappa shape index (κ2) is 7.27. The Morgan fingerprint density at radius 3 is 3.00 bits per heavy atom. The highest BCUT2D eigenvalue weighted by molar-refractivity contribution is 8.13. The highest BCUT2D eigenvalue weighted by Gasteiger charge is 2.35. The molecule has 1 saturated heterocycles. The molecule has 0 saturated carbocycles. The van der Waals surface area contributed by atoms with E-state index in [1.807, 2.05) is 11.0 Å². The third-order valence-corrected chi connectivity index (χ3v) is 5.59. The molecule has 2 atom stereocenters. The summed E-state index contributed by atoms with van der Waals surface area (Å²) in [6, 6.07) is 4.39. The van der Waals surface area contributed by atoms with Crippen LogP contribution in [0.2, 0.25) is 0 Å². The van der Waals surface area contributed by atoms with Gasteiger partial charge < -0.3 is 4.90 Å². The van der Waals surface area contributed by atoms with Crippen molar-refractivity contribution in [3.05, 3.63) is 22.4 Å². The molecule has 20 heavy (non-hydrogen) atoms. The van der Waals surface area contributed by atoms with Crippen LogP contribution in [0.15, 0.2) is 17.5 Å². The molecule has 0 spiro atoms. The summed E-state index contributed by atoms with van der Waals surface area (Å²) in [6.45, 7) is 4.54. The Kier molecular flexibility index (Phi) is 5.66. The van der Waals surface area contributed by atoms with E-state index in [1.54, 1.807) is 18.3 Å². The normalized spacial score (nSPS) is 20.4. The van der Waals surface area contributed by atoms with Crippen LogP contribution in [0.1, 0.15) is 44.0 Å². The topological polar surface area (TPSA) is 37.4 Å². The Hall–Kier alpha value is -0.810. The fourth-order valence-corrected chi connectivity index (χ4v) is 4.23. The monoisotopic (exact) mass is 311 g/mol. The summed E-state index contributed by atoms with van der Waals surface area (Å²) in [5.74, 6) is 1.32. The largest absolute Gasteiger partial charge is 0.335 e. The SMILES string of the molecule is CCCC(c1cccs1)N1CC(CSC(C)=O)CC1=O. The molecule has 110 valence electrons. The average molecular weight is 311 g/mol. The minimum absolute atomic E-state index is 0.138. The van der Waals surface area contributed by atoms with Crippen molar-refractivity contribution >= 4 is 34.1 Å².